The summed E-state index contributed by atoms with van der Waals surface area (Å²) in [6.07, 6.45) is 0.225. The molecule has 1 atom stereocenters. The van der Waals surface area contributed by atoms with Crippen LogP contribution in [0.1, 0.15) is 31.0 Å². The normalized spacial score (nSPS) is 12.6. The highest BCUT2D eigenvalue weighted by atomic mass is 32.2. The van der Waals surface area contributed by atoms with Gasteiger partial charge in [0.2, 0.25) is 6.41 Å². The first-order chi connectivity index (χ1) is 13.8. The van der Waals surface area contributed by atoms with Crippen molar-refractivity contribution in [2.45, 2.75) is 31.3 Å². The van der Waals surface area contributed by atoms with Crippen LogP contribution in [0.2, 0.25) is 0 Å². The molecule has 7 nitrogen and oxygen atoms in total. The van der Waals surface area contributed by atoms with Crippen LogP contribution < -0.4 is 4.74 Å². The van der Waals surface area contributed by atoms with E-state index in [1.54, 1.807) is 24.3 Å². The zero-order valence-electron chi connectivity index (χ0n) is 17.0. The maximum absolute atomic E-state index is 12.9. The van der Waals surface area contributed by atoms with Crippen molar-refractivity contribution in [2.75, 3.05) is 26.0 Å². The Morgan fingerprint density at radius 1 is 1.14 bits per heavy atom. The standard InChI is InChI=1S/C21H28N2O5S/c1-4-22(3)14-17-7-6-8-18(13-17)21(23(25)16-24)15-29(26,27)20-11-9-19(10-12-20)28-5-2/h6-13,16,21,25H,4-5,14-15H2,1-3H3. The monoisotopic (exact) mass is 420 g/mol. The Morgan fingerprint density at radius 2 is 1.83 bits per heavy atom. The van der Waals surface area contributed by atoms with Gasteiger partial charge in [-0.25, -0.2) is 13.5 Å². The van der Waals surface area contributed by atoms with Gasteiger partial charge < -0.3 is 9.64 Å². The van der Waals surface area contributed by atoms with E-state index in [9.17, 15) is 18.4 Å². The summed E-state index contributed by atoms with van der Waals surface area (Å²) in [6.45, 7) is 5.90. The summed E-state index contributed by atoms with van der Waals surface area (Å²) in [7, 11) is -1.79. The topological polar surface area (TPSA) is 87.2 Å². The van der Waals surface area contributed by atoms with Crippen LogP contribution in [0.3, 0.4) is 0 Å². The molecule has 0 aliphatic carbocycles. The summed E-state index contributed by atoms with van der Waals surface area (Å²) < 4.78 is 31.2. The van der Waals surface area contributed by atoms with Crippen molar-refractivity contribution in [1.82, 2.24) is 9.96 Å². The highest BCUT2D eigenvalue weighted by molar-refractivity contribution is 7.91. The Bertz CT molecular complexity index is 900. The van der Waals surface area contributed by atoms with Crippen LogP contribution >= 0.6 is 0 Å². The molecule has 29 heavy (non-hydrogen) atoms. The molecule has 2 aromatic carbocycles. The number of rotatable bonds is 11. The van der Waals surface area contributed by atoms with Gasteiger partial charge in [-0.1, -0.05) is 31.2 Å². The number of hydrogen-bond donors (Lipinski definition) is 1. The molecule has 1 amide bonds. The smallest absolute Gasteiger partial charge is 0.233 e. The van der Waals surface area contributed by atoms with Crippen LogP contribution in [-0.2, 0) is 21.2 Å². The predicted molar refractivity (Wildman–Crippen MR) is 111 cm³/mol. The Kier molecular flexibility index (Phi) is 8.19. The van der Waals surface area contributed by atoms with E-state index in [-0.39, 0.29) is 11.3 Å². The fourth-order valence-electron chi connectivity index (χ4n) is 2.93. The van der Waals surface area contributed by atoms with Gasteiger partial charge in [0.15, 0.2) is 9.84 Å². The Hall–Kier alpha value is -2.42. The Balaban J connectivity index is 2.31. The van der Waals surface area contributed by atoms with Crippen LogP contribution in [-0.4, -0.2) is 56.0 Å². The number of carbonyl (C=O) groups is 1. The van der Waals surface area contributed by atoms with E-state index >= 15 is 0 Å². The third kappa shape index (κ3) is 6.28. The molecule has 0 radical (unpaired) electrons. The third-order valence-corrected chi connectivity index (χ3v) is 6.37. The van der Waals surface area contributed by atoms with Crippen LogP contribution in [0.5, 0.6) is 5.75 Å². The highest BCUT2D eigenvalue weighted by Gasteiger charge is 2.27. The molecule has 1 N–H and O–H groups in total. The van der Waals surface area contributed by atoms with Gasteiger partial charge in [0.1, 0.15) is 5.75 Å². The third-order valence-electron chi connectivity index (χ3n) is 4.63. The summed E-state index contributed by atoms with van der Waals surface area (Å²) in [4.78, 5) is 13.4. The zero-order chi connectivity index (χ0) is 21.4. The van der Waals surface area contributed by atoms with Crippen molar-refractivity contribution in [1.29, 1.82) is 0 Å². The molecule has 0 spiro atoms. The average Bonchev–Trinajstić information content (AvgIpc) is 2.72. The lowest BCUT2D eigenvalue weighted by Crippen LogP contribution is -2.30. The van der Waals surface area contributed by atoms with Gasteiger partial charge in [-0.2, -0.15) is 0 Å². The van der Waals surface area contributed by atoms with E-state index in [4.69, 9.17) is 4.74 Å². The average molecular weight is 421 g/mol. The Labute approximate surface area is 172 Å². The minimum Gasteiger partial charge on any atom is -0.494 e. The molecule has 0 heterocycles. The van der Waals surface area contributed by atoms with Crippen LogP contribution in [0.4, 0.5) is 0 Å². The summed E-state index contributed by atoms with van der Waals surface area (Å²) in [6, 6.07) is 12.3. The molecule has 0 fully saturated rings. The molecule has 8 heteroatoms. The van der Waals surface area contributed by atoms with Crippen molar-refractivity contribution < 1.29 is 23.2 Å². The first kappa shape index (κ1) is 22.9. The number of sulfone groups is 1. The van der Waals surface area contributed by atoms with Gasteiger partial charge >= 0.3 is 0 Å². The summed E-state index contributed by atoms with van der Waals surface area (Å²) >= 11 is 0. The lowest BCUT2D eigenvalue weighted by molar-refractivity contribution is -0.158. The highest BCUT2D eigenvalue weighted by Crippen LogP contribution is 2.26. The quantitative estimate of drug-likeness (QED) is 0.342. The lowest BCUT2D eigenvalue weighted by Gasteiger charge is -2.24. The van der Waals surface area contributed by atoms with Gasteiger partial charge in [0.05, 0.1) is 23.3 Å². The van der Waals surface area contributed by atoms with E-state index in [1.165, 1.54) is 12.1 Å². The minimum atomic E-state index is -3.76. The van der Waals surface area contributed by atoms with Crippen molar-refractivity contribution >= 4 is 16.2 Å². The van der Waals surface area contributed by atoms with Gasteiger partial charge in [0, 0.05) is 6.54 Å². The van der Waals surface area contributed by atoms with Gasteiger partial charge in [0.25, 0.3) is 0 Å². The van der Waals surface area contributed by atoms with E-state index in [0.717, 1.165) is 12.1 Å². The molecular formula is C21H28N2O5S. The van der Waals surface area contributed by atoms with Crippen LogP contribution in [0.25, 0.3) is 0 Å². The second kappa shape index (κ2) is 10.4. The van der Waals surface area contributed by atoms with Crippen molar-refractivity contribution in [3.05, 3.63) is 59.7 Å². The van der Waals surface area contributed by atoms with E-state index < -0.39 is 21.6 Å². The first-order valence-electron chi connectivity index (χ1n) is 9.46. The minimum absolute atomic E-state index is 0.104. The summed E-state index contributed by atoms with van der Waals surface area (Å²) in [5, 5.41) is 10.5. The molecule has 0 saturated carbocycles. The number of ether oxygens (including phenoxy) is 1. The number of nitrogens with zero attached hydrogens (tertiary/aromatic N) is 2. The molecule has 158 valence electrons. The molecule has 0 bridgehead atoms. The van der Waals surface area contributed by atoms with Crippen LogP contribution in [0, 0.1) is 0 Å². The zero-order valence-corrected chi connectivity index (χ0v) is 17.8. The predicted octanol–water partition coefficient (Wildman–Crippen LogP) is 2.90. The molecular weight excluding hydrogens is 392 g/mol. The largest absolute Gasteiger partial charge is 0.494 e. The van der Waals surface area contributed by atoms with E-state index in [0.29, 0.717) is 29.5 Å². The number of carbonyl (C=O) groups excluding carboxylic acids is 1. The number of amides is 1. The molecule has 2 aromatic rings. The van der Waals surface area contributed by atoms with Gasteiger partial charge in [-0.05, 0) is 55.9 Å². The van der Waals surface area contributed by atoms with Gasteiger partial charge in [-0.15, -0.1) is 0 Å². The Morgan fingerprint density at radius 3 is 2.41 bits per heavy atom. The fraction of sp³-hybridized carbons (Fsp3) is 0.381. The molecule has 2 rings (SSSR count). The summed E-state index contributed by atoms with van der Waals surface area (Å²) in [5.41, 5.74) is 1.52. The molecule has 0 aromatic heterocycles. The molecule has 0 aliphatic heterocycles. The van der Waals surface area contributed by atoms with Crippen molar-refractivity contribution in [2.24, 2.45) is 0 Å². The second-order valence-electron chi connectivity index (χ2n) is 6.76. The van der Waals surface area contributed by atoms with Crippen LogP contribution in [0.15, 0.2) is 53.4 Å². The SMILES string of the molecule is CCOc1ccc(S(=O)(=O)CC(c2cccc(CN(C)CC)c2)N(O)C=O)cc1. The maximum atomic E-state index is 12.9. The second-order valence-corrected chi connectivity index (χ2v) is 8.80. The lowest BCUT2D eigenvalue weighted by atomic mass is 10.0. The summed E-state index contributed by atoms with van der Waals surface area (Å²) in [5.74, 6) is 0.135. The molecule has 0 aliphatic rings. The number of hydroxylamine groups is 2. The fourth-order valence-corrected chi connectivity index (χ4v) is 4.44. The van der Waals surface area contributed by atoms with E-state index in [1.807, 2.05) is 33.0 Å². The molecule has 1 unspecified atom stereocenters. The number of benzene rings is 2. The van der Waals surface area contributed by atoms with E-state index in [2.05, 4.69) is 4.90 Å². The maximum Gasteiger partial charge on any atom is 0.233 e. The van der Waals surface area contributed by atoms with Gasteiger partial charge in [-0.3, -0.25) is 10.0 Å². The van der Waals surface area contributed by atoms with Crippen molar-refractivity contribution in [3.63, 3.8) is 0 Å². The van der Waals surface area contributed by atoms with Crippen molar-refractivity contribution in [3.8, 4) is 5.75 Å². The number of hydrogen-bond acceptors (Lipinski definition) is 6. The molecule has 0 saturated heterocycles. The first-order valence-corrected chi connectivity index (χ1v) is 11.1.